The number of aromatic nitrogens is 2. The Morgan fingerprint density at radius 3 is 2.72 bits per heavy atom. The van der Waals surface area contributed by atoms with Gasteiger partial charge in [-0.05, 0) is 30.6 Å². The largest absolute Gasteiger partial charge is 0.419 e. The normalized spacial score (nSPS) is 20.2. The highest BCUT2D eigenvalue weighted by Gasteiger charge is 2.45. The molecular weight excluding hydrogens is 414 g/mol. The maximum Gasteiger partial charge on any atom is 0.264 e. The van der Waals surface area contributed by atoms with Crippen molar-refractivity contribution in [3.8, 4) is 11.5 Å². The number of fused-ring (bicyclic) bond motifs is 1. The van der Waals surface area contributed by atoms with E-state index in [4.69, 9.17) is 11.3 Å². The van der Waals surface area contributed by atoms with E-state index in [1.54, 1.807) is 12.1 Å². The van der Waals surface area contributed by atoms with Gasteiger partial charge in [-0.25, -0.2) is 0 Å². The summed E-state index contributed by atoms with van der Waals surface area (Å²) >= 11 is 0. The number of piperidine rings is 1. The van der Waals surface area contributed by atoms with Gasteiger partial charge in [0.25, 0.3) is 11.8 Å². The van der Waals surface area contributed by atoms with Crippen LogP contribution >= 0.6 is 0 Å². The van der Waals surface area contributed by atoms with E-state index in [0.29, 0.717) is 0 Å². The molecule has 1 aromatic heterocycles. The summed E-state index contributed by atoms with van der Waals surface area (Å²) in [5.41, 5.74) is 0.145. The summed E-state index contributed by atoms with van der Waals surface area (Å²) in [5, 5.41) is 12.7. The average Bonchev–Trinajstić information content (AvgIpc) is 3.43. The molecule has 2 aliphatic rings. The maximum atomic E-state index is 13.2. The lowest BCUT2D eigenvalue weighted by molar-refractivity contribution is -0.136. The van der Waals surface area contributed by atoms with Gasteiger partial charge in [0, 0.05) is 17.7 Å². The van der Waals surface area contributed by atoms with Crippen LogP contribution in [-0.2, 0) is 16.1 Å². The first-order chi connectivity index (χ1) is 17.6. The number of anilines is 1. The minimum Gasteiger partial charge on any atom is -0.419 e. The summed E-state index contributed by atoms with van der Waals surface area (Å²) < 4.78 is 44.8. The van der Waals surface area contributed by atoms with Gasteiger partial charge in [-0.2, -0.15) is 0 Å². The van der Waals surface area contributed by atoms with Crippen LogP contribution in [0, 0.1) is 0 Å². The second-order valence-corrected chi connectivity index (χ2v) is 7.03. The van der Waals surface area contributed by atoms with Gasteiger partial charge in [-0.15, -0.1) is 10.2 Å². The molecule has 4 amide bonds. The molecule has 0 radical (unpaired) electrons. The Kier molecular flexibility index (Phi) is 3.53. The molecule has 1 unspecified atom stereocenters. The van der Waals surface area contributed by atoms with Crippen LogP contribution < -0.4 is 10.6 Å². The average molecular weight is 436 g/mol. The number of hydrogen-bond acceptors (Lipinski definition) is 8. The van der Waals surface area contributed by atoms with Gasteiger partial charge >= 0.3 is 0 Å². The Balaban J connectivity index is 1.39. The first kappa shape index (κ1) is 14.6. The van der Waals surface area contributed by atoms with Gasteiger partial charge < -0.3 is 9.73 Å². The fraction of sp³-hybridized carbons (Fsp3) is 0.182. The van der Waals surface area contributed by atoms with Crippen molar-refractivity contribution in [2.24, 2.45) is 0 Å². The van der Waals surface area contributed by atoms with E-state index >= 15 is 0 Å². The predicted molar refractivity (Wildman–Crippen MR) is 110 cm³/mol. The molecule has 2 aromatic carbocycles. The number of amides is 4. The van der Waals surface area contributed by atoms with E-state index in [1.165, 1.54) is 6.07 Å². The Morgan fingerprint density at radius 2 is 1.94 bits per heavy atom. The Bertz CT molecular complexity index is 1490. The lowest BCUT2D eigenvalue weighted by atomic mass is 10.0. The molecule has 1 saturated heterocycles. The summed E-state index contributed by atoms with van der Waals surface area (Å²) in [7, 11) is 0. The number of benzene rings is 2. The van der Waals surface area contributed by atoms with E-state index in [1.807, 2.05) is 0 Å². The van der Waals surface area contributed by atoms with E-state index in [2.05, 4.69) is 20.8 Å². The highest BCUT2D eigenvalue weighted by atomic mass is 16.4. The molecule has 10 nitrogen and oxygen atoms in total. The Morgan fingerprint density at radius 1 is 1.12 bits per heavy atom. The maximum absolute atomic E-state index is 13.2. The zero-order valence-corrected chi connectivity index (χ0v) is 16.3. The minimum atomic E-state index is -1.10. The van der Waals surface area contributed by atoms with Gasteiger partial charge in [0.2, 0.25) is 23.6 Å². The number of nitrogens with one attached hydrogen (secondary N) is 2. The number of imide groups is 2. The molecule has 1 atom stereocenters. The predicted octanol–water partition coefficient (Wildman–Crippen LogP) is 1.75. The topological polar surface area (TPSA) is 134 Å². The molecule has 2 N–H and O–H groups in total. The second kappa shape index (κ2) is 7.73. The van der Waals surface area contributed by atoms with E-state index in [-0.39, 0.29) is 53.5 Å². The van der Waals surface area contributed by atoms with Crippen molar-refractivity contribution in [2.45, 2.75) is 25.4 Å². The number of hydrogen-bond donors (Lipinski definition) is 2. The van der Waals surface area contributed by atoms with Crippen LogP contribution in [0.2, 0.25) is 0 Å². The molecule has 0 saturated carbocycles. The van der Waals surface area contributed by atoms with Crippen LogP contribution in [0.5, 0.6) is 0 Å². The molecule has 32 heavy (non-hydrogen) atoms. The summed E-state index contributed by atoms with van der Waals surface area (Å²) in [5.74, 6) is -2.82. The third-order valence-corrected chi connectivity index (χ3v) is 5.08. The van der Waals surface area contributed by atoms with Crippen LogP contribution in [0.15, 0.2) is 52.8 Å². The highest BCUT2D eigenvalue weighted by Crippen LogP contribution is 2.32. The molecule has 1 fully saturated rings. The van der Waals surface area contributed by atoms with E-state index in [9.17, 15) is 19.2 Å². The number of nitrogens with zero attached hydrogens (tertiary/aromatic N) is 3. The SMILES string of the molecule is [2H]c1c([2H])c([2H])c(-c2nnc(CNc3cccc4c3C(=O)N(C3CCC(=O)NC3=O)C4=O)o2)c([2H])c1[2H]. The van der Waals surface area contributed by atoms with Crippen molar-refractivity contribution >= 4 is 29.3 Å². The number of carbonyl (C=O) groups is 4. The molecule has 5 rings (SSSR count). The smallest absolute Gasteiger partial charge is 0.264 e. The number of carbonyl (C=O) groups excluding carboxylic acids is 4. The fourth-order valence-electron chi connectivity index (χ4n) is 3.62. The van der Waals surface area contributed by atoms with Crippen molar-refractivity contribution in [3.05, 3.63) is 65.4 Å². The highest BCUT2D eigenvalue weighted by molar-refractivity contribution is 6.25. The van der Waals surface area contributed by atoms with Gasteiger partial charge in [0.15, 0.2) is 0 Å². The fourth-order valence-corrected chi connectivity index (χ4v) is 3.62. The summed E-state index contributed by atoms with van der Waals surface area (Å²) in [4.78, 5) is 50.7. The van der Waals surface area contributed by atoms with E-state index < -0.39 is 59.9 Å². The molecule has 2 aliphatic heterocycles. The quantitative estimate of drug-likeness (QED) is 0.578. The van der Waals surface area contributed by atoms with Crippen LogP contribution in [-0.4, -0.2) is 44.8 Å². The zero-order chi connectivity index (χ0) is 26.6. The first-order valence-electron chi connectivity index (χ1n) is 12.1. The molecule has 10 heteroatoms. The van der Waals surface area contributed by atoms with Crippen molar-refractivity contribution in [3.63, 3.8) is 0 Å². The second-order valence-electron chi connectivity index (χ2n) is 7.03. The standard InChI is InChI=1S/C22H17N5O5/c28-16-10-9-15(19(29)24-16)27-21(30)13-7-4-8-14(18(13)22(27)31)23-11-17-25-26-20(32-17)12-5-2-1-3-6-12/h1-8,15,23H,9-11H2,(H,24,28,29)/i1D,2D,3D,5D,6D. The van der Waals surface area contributed by atoms with Crippen molar-refractivity contribution in [1.29, 1.82) is 0 Å². The monoisotopic (exact) mass is 436 g/mol. The lowest BCUT2D eigenvalue weighted by Crippen LogP contribution is -2.54. The Labute approximate surface area is 188 Å². The third-order valence-electron chi connectivity index (χ3n) is 5.08. The molecule has 0 spiro atoms. The molecule has 3 aromatic rings. The molecular formula is C22H17N5O5. The Hall–Kier alpha value is -4.34. The lowest BCUT2D eigenvalue weighted by Gasteiger charge is -2.27. The summed E-state index contributed by atoms with van der Waals surface area (Å²) in [6.07, 6.45) is 0.0311. The molecule has 0 aliphatic carbocycles. The van der Waals surface area contributed by atoms with Crippen molar-refractivity contribution in [2.75, 3.05) is 5.32 Å². The van der Waals surface area contributed by atoms with E-state index in [0.717, 1.165) is 4.90 Å². The molecule has 0 bridgehead atoms. The first-order valence-corrected chi connectivity index (χ1v) is 9.58. The van der Waals surface area contributed by atoms with Crippen LogP contribution in [0.3, 0.4) is 0 Å². The van der Waals surface area contributed by atoms with Crippen LogP contribution in [0.1, 0.15) is 46.3 Å². The number of rotatable bonds is 5. The van der Waals surface area contributed by atoms with Gasteiger partial charge in [-0.1, -0.05) is 24.2 Å². The van der Waals surface area contributed by atoms with Crippen LogP contribution in [0.25, 0.3) is 11.5 Å². The van der Waals surface area contributed by atoms with Crippen LogP contribution in [0.4, 0.5) is 5.69 Å². The summed E-state index contributed by atoms with van der Waals surface area (Å²) in [6, 6.07) is 0.819. The van der Waals surface area contributed by atoms with Crippen molar-refractivity contribution < 1.29 is 30.4 Å². The minimum absolute atomic E-state index is 0.00241. The van der Waals surface area contributed by atoms with Gasteiger partial charge in [0.1, 0.15) is 6.04 Å². The molecule has 160 valence electrons. The van der Waals surface area contributed by atoms with Gasteiger partial charge in [-0.3, -0.25) is 29.4 Å². The molecule has 3 heterocycles. The van der Waals surface area contributed by atoms with Gasteiger partial charge in [0.05, 0.1) is 24.5 Å². The zero-order valence-electron chi connectivity index (χ0n) is 21.3. The third kappa shape index (κ3) is 3.31. The summed E-state index contributed by atoms with van der Waals surface area (Å²) in [6.45, 7) is -0.123. The van der Waals surface area contributed by atoms with Crippen molar-refractivity contribution in [1.82, 2.24) is 20.4 Å².